The Morgan fingerprint density at radius 1 is 0.559 bits per heavy atom. The van der Waals surface area contributed by atoms with E-state index in [1.165, 1.54) is 0 Å². The van der Waals surface area contributed by atoms with E-state index in [2.05, 4.69) is 131 Å². The van der Waals surface area contributed by atoms with Crippen LogP contribution in [-0.4, -0.2) is 23.8 Å². The lowest BCUT2D eigenvalue weighted by molar-refractivity contribution is 0.291. The Bertz CT molecular complexity index is 593. The van der Waals surface area contributed by atoms with Crippen molar-refractivity contribution in [3.8, 4) is 6.07 Å². The van der Waals surface area contributed by atoms with Crippen LogP contribution in [0.1, 0.15) is 132 Å². The summed E-state index contributed by atoms with van der Waals surface area (Å²) in [4.78, 5) is 0. The van der Waals surface area contributed by atoms with Crippen molar-refractivity contribution in [1.82, 2.24) is 0 Å². The summed E-state index contributed by atoms with van der Waals surface area (Å²) in [6, 6.07) is 2.47. The largest absolute Gasteiger partial charge is 0.452 e. The first-order chi connectivity index (χ1) is 14.5. The molecule has 200 valence electrons. The summed E-state index contributed by atoms with van der Waals surface area (Å²) < 4.78 is 15.1. The van der Waals surface area contributed by atoms with E-state index in [1.807, 2.05) is 6.92 Å². The molecule has 0 aromatic rings. The van der Waals surface area contributed by atoms with Gasteiger partial charge in [-0.1, -0.05) is 125 Å². The van der Waals surface area contributed by atoms with E-state index >= 15 is 0 Å². The molecule has 0 aromatic carbocycles. The number of hydrogen-bond donors (Lipinski definition) is 0. The van der Waals surface area contributed by atoms with Crippen molar-refractivity contribution in [1.29, 1.82) is 5.26 Å². The van der Waals surface area contributed by atoms with Crippen molar-refractivity contribution in [2.45, 2.75) is 168 Å². The summed E-state index contributed by atoms with van der Waals surface area (Å²) in [7, 11) is -5.46. The van der Waals surface area contributed by atoms with E-state index < -0.39 is 23.8 Å². The third-order valence-corrected chi connectivity index (χ3v) is 21.6. The fourth-order valence-electron chi connectivity index (χ4n) is 8.67. The average molecular weight is 510 g/mol. The second-order valence-corrected chi connectivity index (χ2v) is 29.0. The molecule has 3 nitrogen and oxygen atoms in total. The summed E-state index contributed by atoms with van der Waals surface area (Å²) >= 11 is 0. The van der Waals surface area contributed by atoms with Gasteiger partial charge in [0.1, 0.15) is 0 Å². The van der Waals surface area contributed by atoms with Crippen LogP contribution in [0, 0.1) is 17.2 Å². The third kappa shape index (κ3) is 6.24. The van der Waals surface area contributed by atoms with E-state index in [4.69, 9.17) is 8.69 Å². The summed E-state index contributed by atoms with van der Waals surface area (Å²) in [5, 5.41) is 9.70. The van der Waals surface area contributed by atoms with Crippen molar-refractivity contribution in [2.24, 2.45) is 5.92 Å². The minimum absolute atomic E-state index is 0.0175. The lowest BCUT2D eigenvalue weighted by atomic mass is 9.80. The second kappa shape index (κ2) is 9.99. The van der Waals surface area contributed by atoms with E-state index in [0.717, 1.165) is 0 Å². The van der Waals surface area contributed by atoms with Crippen LogP contribution in [0.25, 0.3) is 0 Å². The minimum Gasteiger partial charge on any atom is -0.452 e. The molecule has 0 aliphatic carbocycles. The van der Waals surface area contributed by atoms with Crippen LogP contribution < -0.4 is 0 Å². The first-order valence-electron chi connectivity index (χ1n) is 13.3. The van der Waals surface area contributed by atoms with Crippen LogP contribution in [-0.2, 0) is 8.69 Å². The number of rotatable bonds is 6. The van der Waals surface area contributed by atoms with Crippen molar-refractivity contribution < 1.29 is 8.69 Å². The Morgan fingerprint density at radius 3 is 0.912 bits per heavy atom. The molecule has 0 aromatic heterocycles. The highest BCUT2D eigenvalue weighted by Crippen LogP contribution is 2.65. The van der Waals surface area contributed by atoms with Gasteiger partial charge in [-0.2, -0.15) is 5.26 Å². The van der Waals surface area contributed by atoms with Gasteiger partial charge in [-0.15, -0.1) is 0 Å². The monoisotopic (exact) mass is 509 g/mol. The van der Waals surface area contributed by atoms with Gasteiger partial charge in [-0.25, -0.2) is 0 Å². The molecule has 34 heavy (non-hydrogen) atoms. The average Bonchev–Trinajstić information content (AvgIpc) is 2.49. The molecule has 0 radical (unpaired) electrons. The zero-order valence-electron chi connectivity index (χ0n) is 26.6. The van der Waals surface area contributed by atoms with Crippen molar-refractivity contribution in [3.05, 3.63) is 0 Å². The maximum absolute atomic E-state index is 9.80. The quantitative estimate of drug-likeness (QED) is 0.334. The smallest absolute Gasteiger partial charge is 0.436 e. The predicted molar refractivity (Wildman–Crippen MR) is 157 cm³/mol. The normalized spacial score (nSPS) is 16.3. The van der Waals surface area contributed by atoms with E-state index in [-0.39, 0.29) is 36.1 Å². The Hall–Kier alpha value is -0.0913. The molecule has 0 saturated heterocycles. The second-order valence-electron chi connectivity index (χ2n) is 16.8. The first-order valence-corrected chi connectivity index (χ1v) is 17.1. The van der Waals surface area contributed by atoms with Gasteiger partial charge in [0.15, 0.2) is 16.6 Å². The van der Waals surface area contributed by atoms with Gasteiger partial charge in [0.2, 0.25) is 0 Å². The van der Waals surface area contributed by atoms with Crippen LogP contribution in [0.15, 0.2) is 0 Å². The highest BCUT2D eigenvalue weighted by atomic mass is 28.4. The van der Waals surface area contributed by atoms with Crippen molar-refractivity contribution in [3.63, 3.8) is 0 Å². The van der Waals surface area contributed by atoms with Crippen molar-refractivity contribution in [2.75, 3.05) is 0 Å². The number of hydrogen-bond acceptors (Lipinski definition) is 3. The molecule has 6 heteroatoms. The fourth-order valence-corrected chi connectivity index (χ4v) is 25.5. The summed E-state index contributed by atoms with van der Waals surface area (Å²) in [6.45, 7) is 44.3. The van der Waals surface area contributed by atoms with Crippen LogP contribution in [0.5, 0.6) is 0 Å². The van der Waals surface area contributed by atoms with E-state index in [1.54, 1.807) is 0 Å². The number of nitriles is 1. The SMILES string of the molecule is CC(C#N)CB(O[Si](C(C)(C)C)(C(C)(C)C)C(C)(C)C)O[Si](C(C)(C)C)(C(C)(C)C)C(C)(C)C. The molecular formula is C28H60BNO2Si2. The fraction of sp³-hybridized carbons (Fsp3) is 0.964. The Balaban J connectivity index is 7.31. The summed E-state index contributed by atoms with van der Waals surface area (Å²) in [6.07, 6.45) is 0.602. The molecule has 1 atom stereocenters. The van der Waals surface area contributed by atoms with Crippen LogP contribution in [0.3, 0.4) is 0 Å². The number of nitrogens with zero attached hydrogens (tertiary/aromatic N) is 1. The molecule has 0 rings (SSSR count). The molecule has 1 unspecified atom stereocenters. The molecule has 0 aliphatic heterocycles. The van der Waals surface area contributed by atoms with Gasteiger partial charge in [-0.3, -0.25) is 0 Å². The maximum atomic E-state index is 9.80. The van der Waals surface area contributed by atoms with Crippen LogP contribution in [0.2, 0.25) is 36.5 Å². The molecule has 0 fully saturated rings. The Labute approximate surface area is 217 Å². The van der Waals surface area contributed by atoms with Gasteiger partial charge < -0.3 is 8.69 Å². The molecule has 0 spiro atoms. The first kappa shape index (κ1) is 33.9. The van der Waals surface area contributed by atoms with Gasteiger partial charge >= 0.3 is 7.12 Å². The van der Waals surface area contributed by atoms with Gasteiger partial charge in [0.05, 0.1) is 6.07 Å². The Kier molecular flexibility index (Phi) is 9.96. The lowest BCUT2D eigenvalue weighted by Crippen LogP contribution is -2.67. The minimum atomic E-state index is -2.53. The van der Waals surface area contributed by atoms with Crippen LogP contribution in [0.4, 0.5) is 0 Å². The highest BCUT2D eigenvalue weighted by molar-refractivity contribution is 6.90. The molecular weight excluding hydrogens is 449 g/mol. The zero-order chi connectivity index (χ0) is 28.0. The molecule has 0 heterocycles. The zero-order valence-corrected chi connectivity index (χ0v) is 28.6. The van der Waals surface area contributed by atoms with Gasteiger partial charge in [0.25, 0.3) is 0 Å². The summed E-state index contributed by atoms with van der Waals surface area (Å²) in [5.41, 5.74) is 0. The molecule has 0 bridgehead atoms. The Morgan fingerprint density at radius 2 is 0.765 bits per heavy atom. The topological polar surface area (TPSA) is 42.2 Å². The molecule has 0 amide bonds. The van der Waals surface area contributed by atoms with Crippen molar-refractivity contribution >= 4 is 23.8 Å². The summed E-state index contributed by atoms with van der Waals surface area (Å²) in [5.74, 6) is -0.136. The van der Waals surface area contributed by atoms with E-state index in [0.29, 0.717) is 6.32 Å². The predicted octanol–water partition coefficient (Wildman–Crippen LogP) is 10.4. The van der Waals surface area contributed by atoms with Gasteiger partial charge in [-0.05, 0) is 43.5 Å². The van der Waals surface area contributed by atoms with Gasteiger partial charge in [0, 0.05) is 5.92 Å². The van der Waals surface area contributed by atoms with Crippen LogP contribution >= 0.6 is 0 Å². The van der Waals surface area contributed by atoms with E-state index in [9.17, 15) is 5.26 Å². The lowest BCUT2D eigenvalue weighted by Gasteiger charge is -2.62. The third-order valence-electron chi connectivity index (χ3n) is 7.72. The molecule has 0 aliphatic rings. The maximum Gasteiger partial charge on any atom is 0.436 e. The standard InChI is InChI=1S/C28H60BNO2Si2/c1-22(21-30)20-29(31-33(23(2,3)4,24(5,6)7)25(8,9)10)32-34(26(11,12)13,27(14,15)16)28(17,18)19/h22H,20H2,1-19H3. The highest BCUT2D eigenvalue weighted by Gasteiger charge is 2.66. The molecule has 0 saturated carbocycles. The molecule has 0 N–H and O–H groups in total.